The third-order valence-corrected chi connectivity index (χ3v) is 3.55. The second-order valence-electron chi connectivity index (χ2n) is 8.42. The highest BCUT2D eigenvalue weighted by Crippen LogP contribution is 2.10. The predicted molar refractivity (Wildman–Crippen MR) is 114 cm³/mol. The summed E-state index contributed by atoms with van der Waals surface area (Å²) in [5.74, 6) is -2.45. The number of carboxylic acids is 3. The number of carbonyl (C=O) groups excluding carboxylic acids is 1. The zero-order valence-electron chi connectivity index (χ0n) is 19.4. The molecular weight excluding hydrogens is 376 g/mol. The van der Waals surface area contributed by atoms with Gasteiger partial charge >= 0.3 is 11.9 Å². The Morgan fingerprint density at radius 2 is 1.21 bits per heavy atom. The summed E-state index contributed by atoms with van der Waals surface area (Å²) in [5.41, 5.74) is 0. The molecule has 174 valence electrons. The number of hydrogen-bond acceptors (Lipinski definition) is 5. The fourth-order valence-electron chi connectivity index (χ4n) is 2.24. The highest BCUT2D eigenvalue weighted by Gasteiger charge is 2.04. The van der Waals surface area contributed by atoms with Gasteiger partial charge in [0.15, 0.2) is 0 Å². The SMILES string of the molecule is CCCCCCCCCCCC(=O)O.CN(C)CC(=O)O.C[N+](C)(C)CC(=O)[O-]. The van der Waals surface area contributed by atoms with Gasteiger partial charge < -0.3 is 24.6 Å². The van der Waals surface area contributed by atoms with E-state index in [-0.39, 0.29) is 13.1 Å². The van der Waals surface area contributed by atoms with Crippen molar-refractivity contribution in [2.45, 2.75) is 71.1 Å². The van der Waals surface area contributed by atoms with E-state index < -0.39 is 17.9 Å². The molecule has 0 saturated carbocycles. The summed E-state index contributed by atoms with van der Waals surface area (Å²) >= 11 is 0. The first-order valence-electron chi connectivity index (χ1n) is 10.4. The molecule has 0 aromatic rings. The van der Waals surface area contributed by atoms with Crippen LogP contribution in [0.25, 0.3) is 0 Å². The molecule has 0 spiro atoms. The van der Waals surface area contributed by atoms with E-state index in [0.29, 0.717) is 10.9 Å². The zero-order valence-corrected chi connectivity index (χ0v) is 19.4. The van der Waals surface area contributed by atoms with Gasteiger partial charge in [-0.25, -0.2) is 0 Å². The van der Waals surface area contributed by atoms with E-state index in [1.54, 1.807) is 40.1 Å². The third-order valence-electron chi connectivity index (χ3n) is 3.55. The summed E-state index contributed by atoms with van der Waals surface area (Å²) < 4.78 is 0.419. The van der Waals surface area contributed by atoms with Gasteiger partial charge in [-0.3, -0.25) is 14.5 Å². The molecular formula is C21H44N2O6. The summed E-state index contributed by atoms with van der Waals surface area (Å²) in [7, 11) is 8.84. The molecule has 0 rings (SSSR count). The Morgan fingerprint density at radius 3 is 1.41 bits per heavy atom. The van der Waals surface area contributed by atoms with Gasteiger partial charge in [0.1, 0.15) is 6.54 Å². The van der Waals surface area contributed by atoms with Gasteiger partial charge in [0.25, 0.3) is 0 Å². The maximum Gasteiger partial charge on any atom is 0.317 e. The van der Waals surface area contributed by atoms with Gasteiger partial charge in [-0.05, 0) is 20.5 Å². The average Bonchev–Trinajstić information content (AvgIpc) is 2.50. The molecule has 0 heterocycles. The second-order valence-corrected chi connectivity index (χ2v) is 8.42. The molecule has 0 aliphatic carbocycles. The number of hydrogen-bond donors (Lipinski definition) is 2. The Bertz CT molecular complexity index is 420. The monoisotopic (exact) mass is 420 g/mol. The number of likely N-dealkylation sites (N-methyl/N-ethyl adjacent to an activating group) is 2. The summed E-state index contributed by atoms with van der Waals surface area (Å²) in [6, 6.07) is 0. The lowest BCUT2D eigenvalue weighted by Crippen LogP contribution is -2.45. The van der Waals surface area contributed by atoms with Crippen LogP contribution in [0.15, 0.2) is 0 Å². The van der Waals surface area contributed by atoms with Gasteiger partial charge in [0.05, 0.1) is 33.7 Å². The van der Waals surface area contributed by atoms with Crippen LogP contribution >= 0.6 is 0 Å². The van der Waals surface area contributed by atoms with Crippen LogP contribution in [-0.4, -0.2) is 85.8 Å². The van der Waals surface area contributed by atoms with Crippen LogP contribution < -0.4 is 5.11 Å². The summed E-state index contributed by atoms with van der Waals surface area (Å²) in [6.45, 7) is 2.41. The van der Waals surface area contributed by atoms with Gasteiger partial charge in [-0.15, -0.1) is 0 Å². The Labute approximate surface area is 177 Å². The lowest BCUT2D eigenvalue weighted by molar-refractivity contribution is -0.864. The molecule has 0 fully saturated rings. The second kappa shape index (κ2) is 21.0. The number of unbranched alkanes of at least 4 members (excludes halogenated alkanes) is 8. The molecule has 0 aliphatic rings. The van der Waals surface area contributed by atoms with Crippen LogP contribution in [0.4, 0.5) is 0 Å². The van der Waals surface area contributed by atoms with Crippen LogP contribution in [0.1, 0.15) is 71.1 Å². The Kier molecular flexibility index (Phi) is 23.2. The van der Waals surface area contributed by atoms with Crippen LogP contribution in [-0.2, 0) is 14.4 Å². The van der Waals surface area contributed by atoms with Crippen molar-refractivity contribution < 1.29 is 34.2 Å². The predicted octanol–water partition coefficient (Wildman–Crippen LogP) is 2.07. The first-order valence-corrected chi connectivity index (χ1v) is 10.4. The first kappa shape index (κ1) is 32.0. The standard InChI is InChI=1S/C12H24O2.C5H11NO2.C4H9NO2/c1-2-3-4-5-6-7-8-9-10-11-12(13)14;1-6(2,3)4-5(7)8;1-5(2)3-4(6)7/h2-11H2,1H3,(H,13,14);4H2,1-3H3;3H2,1-2H3,(H,6,7). The van der Waals surface area contributed by atoms with E-state index >= 15 is 0 Å². The van der Waals surface area contributed by atoms with Crippen molar-refractivity contribution in [2.24, 2.45) is 0 Å². The molecule has 0 unspecified atom stereocenters. The summed E-state index contributed by atoms with van der Waals surface area (Å²) in [6.07, 6.45) is 11.5. The van der Waals surface area contributed by atoms with Crippen LogP contribution in [0.2, 0.25) is 0 Å². The number of carbonyl (C=O) groups is 3. The highest BCUT2D eigenvalue weighted by molar-refractivity contribution is 5.68. The quantitative estimate of drug-likeness (QED) is 0.326. The van der Waals surface area contributed by atoms with Crippen molar-refractivity contribution in [3.63, 3.8) is 0 Å². The summed E-state index contributed by atoms with van der Waals surface area (Å²) in [5, 5.41) is 26.3. The highest BCUT2D eigenvalue weighted by atomic mass is 16.4. The molecule has 29 heavy (non-hydrogen) atoms. The van der Waals surface area contributed by atoms with Crippen LogP contribution in [0, 0.1) is 0 Å². The molecule has 0 aromatic carbocycles. The molecule has 0 aliphatic heterocycles. The Balaban J connectivity index is -0.000000383. The minimum absolute atomic E-state index is 0.0694. The van der Waals surface area contributed by atoms with Gasteiger partial charge in [0, 0.05) is 6.42 Å². The molecule has 0 bridgehead atoms. The smallest absolute Gasteiger partial charge is 0.317 e. The normalized spacial score (nSPS) is 10.4. The van der Waals surface area contributed by atoms with Gasteiger partial charge in [-0.2, -0.15) is 0 Å². The maximum absolute atomic E-state index is 10.2. The third kappa shape index (κ3) is 46.4. The van der Waals surface area contributed by atoms with E-state index in [9.17, 15) is 19.5 Å². The molecule has 0 saturated heterocycles. The molecule has 8 nitrogen and oxygen atoms in total. The van der Waals surface area contributed by atoms with Crippen molar-refractivity contribution in [3.05, 3.63) is 0 Å². The van der Waals surface area contributed by atoms with Crippen molar-refractivity contribution in [1.82, 2.24) is 4.90 Å². The molecule has 0 atom stereocenters. The van der Waals surface area contributed by atoms with Crippen molar-refractivity contribution >= 4 is 17.9 Å². The lowest BCUT2D eigenvalue weighted by Gasteiger charge is -2.23. The Hall–Kier alpha value is -1.67. The van der Waals surface area contributed by atoms with E-state index in [1.807, 2.05) is 0 Å². The topological polar surface area (TPSA) is 118 Å². The van der Waals surface area contributed by atoms with Crippen LogP contribution in [0.3, 0.4) is 0 Å². The number of nitrogens with zero attached hydrogens (tertiary/aromatic N) is 2. The van der Waals surface area contributed by atoms with E-state index in [1.165, 1.54) is 44.9 Å². The van der Waals surface area contributed by atoms with E-state index in [0.717, 1.165) is 12.8 Å². The molecule has 0 aromatic heterocycles. The van der Waals surface area contributed by atoms with Crippen molar-refractivity contribution in [2.75, 3.05) is 48.3 Å². The van der Waals surface area contributed by atoms with Crippen molar-refractivity contribution in [1.29, 1.82) is 0 Å². The molecule has 2 N–H and O–H groups in total. The van der Waals surface area contributed by atoms with E-state index in [2.05, 4.69) is 6.92 Å². The minimum atomic E-state index is -1.00. The minimum Gasteiger partial charge on any atom is -0.544 e. The van der Waals surface area contributed by atoms with Crippen molar-refractivity contribution in [3.8, 4) is 0 Å². The number of carboxylic acid groups (broad SMARTS) is 3. The van der Waals surface area contributed by atoms with E-state index in [4.69, 9.17) is 10.2 Å². The average molecular weight is 421 g/mol. The number of rotatable bonds is 14. The number of quaternary nitrogens is 1. The largest absolute Gasteiger partial charge is 0.544 e. The Morgan fingerprint density at radius 1 is 0.793 bits per heavy atom. The molecule has 8 heteroatoms. The maximum atomic E-state index is 10.2. The fourth-order valence-corrected chi connectivity index (χ4v) is 2.24. The summed E-state index contributed by atoms with van der Waals surface area (Å²) in [4.78, 5) is 31.5. The fraction of sp³-hybridized carbons (Fsp3) is 0.857. The first-order chi connectivity index (χ1) is 13.3. The molecule has 0 amide bonds. The van der Waals surface area contributed by atoms with Crippen LogP contribution in [0.5, 0.6) is 0 Å². The lowest BCUT2D eigenvalue weighted by atomic mass is 10.1. The van der Waals surface area contributed by atoms with Gasteiger partial charge in [-0.1, -0.05) is 58.3 Å². The zero-order chi connectivity index (χ0) is 23.3. The molecule has 0 radical (unpaired) electrons. The van der Waals surface area contributed by atoms with Gasteiger partial charge in [0.2, 0.25) is 0 Å². The number of aliphatic carboxylic acids is 3.